The molecule has 0 N–H and O–H groups in total. The maximum Gasteiger partial charge on any atom is 0.309 e. The van der Waals surface area contributed by atoms with Gasteiger partial charge in [-0.25, -0.2) is 13.9 Å². The summed E-state index contributed by atoms with van der Waals surface area (Å²) in [7, 11) is 1.37. The number of rotatable bonds is 5. The Hall–Kier alpha value is -4.07. The predicted octanol–water partition coefficient (Wildman–Crippen LogP) is 5.13. The van der Waals surface area contributed by atoms with Gasteiger partial charge in [0.15, 0.2) is 5.65 Å². The van der Waals surface area contributed by atoms with Gasteiger partial charge in [0.2, 0.25) is 0 Å². The molecule has 38 heavy (non-hydrogen) atoms. The van der Waals surface area contributed by atoms with E-state index < -0.39 is 5.82 Å². The van der Waals surface area contributed by atoms with Crippen LogP contribution >= 0.6 is 0 Å². The van der Waals surface area contributed by atoms with Crippen molar-refractivity contribution in [3.05, 3.63) is 88.5 Å². The van der Waals surface area contributed by atoms with Gasteiger partial charge in [0.05, 0.1) is 24.8 Å². The summed E-state index contributed by atoms with van der Waals surface area (Å²) in [5.41, 5.74) is 5.71. The van der Waals surface area contributed by atoms with Crippen LogP contribution < -0.4 is 0 Å². The summed E-state index contributed by atoms with van der Waals surface area (Å²) in [6.45, 7) is 4.67. The van der Waals surface area contributed by atoms with Crippen LogP contribution in [0.1, 0.15) is 65.1 Å². The first-order valence-electron chi connectivity index (χ1n) is 13.1. The minimum Gasteiger partial charge on any atom is -0.469 e. The topological polar surface area (TPSA) is 76.8 Å². The molecule has 3 atom stereocenters. The van der Waals surface area contributed by atoms with Gasteiger partial charge in [-0.15, -0.1) is 0 Å². The van der Waals surface area contributed by atoms with E-state index in [2.05, 4.69) is 22.2 Å². The Balaban J connectivity index is 1.31. The zero-order valence-corrected chi connectivity index (χ0v) is 21.6. The lowest BCUT2D eigenvalue weighted by molar-refractivity contribution is -0.142. The maximum absolute atomic E-state index is 15.2. The first-order chi connectivity index (χ1) is 18.4. The summed E-state index contributed by atoms with van der Waals surface area (Å²) in [6, 6.07) is 16.7. The van der Waals surface area contributed by atoms with E-state index in [-0.39, 0.29) is 29.8 Å². The number of fused-ring (bicyclic) bond motifs is 2. The minimum absolute atomic E-state index is 0.0156. The molecule has 1 saturated carbocycles. The fourth-order valence-electron chi connectivity index (χ4n) is 5.67. The second kappa shape index (κ2) is 9.35. The molecule has 0 spiro atoms. The Morgan fingerprint density at radius 3 is 2.71 bits per heavy atom. The number of nitrogens with zero attached hydrogens (tertiary/aromatic N) is 4. The first kappa shape index (κ1) is 24.3. The van der Waals surface area contributed by atoms with Crippen molar-refractivity contribution in [2.45, 2.75) is 45.1 Å². The maximum atomic E-state index is 15.2. The Kier molecular flexibility index (Phi) is 5.97. The van der Waals surface area contributed by atoms with Crippen molar-refractivity contribution in [2.24, 2.45) is 5.92 Å². The zero-order valence-electron chi connectivity index (χ0n) is 21.6. The molecule has 2 aromatic heterocycles. The lowest BCUT2D eigenvalue weighted by Crippen LogP contribution is -2.39. The van der Waals surface area contributed by atoms with Gasteiger partial charge in [0, 0.05) is 23.9 Å². The van der Waals surface area contributed by atoms with E-state index in [1.54, 1.807) is 22.7 Å². The Morgan fingerprint density at radius 1 is 1.13 bits per heavy atom. The predicted molar refractivity (Wildman–Crippen MR) is 140 cm³/mol. The minimum atomic E-state index is -0.406. The number of aromatic nitrogens is 3. The van der Waals surface area contributed by atoms with Crippen LogP contribution in [0.2, 0.25) is 0 Å². The molecule has 0 radical (unpaired) electrons. The molecule has 0 saturated heterocycles. The van der Waals surface area contributed by atoms with Crippen LogP contribution in [0.25, 0.3) is 16.9 Å². The van der Waals surface area contributed by atoms with Gasteiger partial charge in [0.25, 0.3) is 5.91 Å². The number of halogens is 1. The van der Waals surface area contributed by atoms with E-state index in [0.717, 1.165) is 17.7 Å². The van der Waals surface area contributed by atoms with Gasteiger partial charge in [0.1, 0.15) is 11.5 Å². The lowest BCUT2D eigenvalue weighted by Gasteiger charge is -2.35. The number of esters is 1. The van der Waals surface area contributed by atoms with E-state index >= 15 is 4.39 Å². The fourth-order valence-corrected chi connectivity index (χ4v) is 5.67. The van der Waals surface area contributed by atoms with Crippen LogP contribution in [-0.2, 0) is 22.4 Å². The molecule has 6 rings (SSSR count). The Morgan fingerprint density at radius 2 is 1.95 bits per heavy atom. The molecule has 1 aliphatic carbocycles. The molecule has 1 amide bonds. The molecule has 1 fully saturated rings. The molecular weight excluding hydrogens is 483 g/mol. The number of carbonyl (C=O) groups is 2. The zero-order chi connectivity index (χ0) is 26.6. The molecule has 3 heterocycles. The molecular formula is C30H29FN4O3. The molecule has 7 nitrogen and oxygen atoms in total. The number of aryl methyl sites for hydroxylation is 1. The Bertz CT molecular complexity index is 1580. The highest BCUT2D eigenvalue weighted by Crippen LogP contribution is 2.48. The highest BCUT2D eigenvalue weighted by Gasteiger charge is 2.45. The molecule has 4 aromatic rings. The molecule has 8 heteroatoms. The number of hydrogen-bond donors (Lipinski definition) is 0. The third-order valence-corrected chi connectivity index (χ3v) is 7.93. The van der Waals surface area contributed by atoms with Gasteiger partial charge >= 0.3 is 5.97 Å². The second-order valence-corrected chi connectivity index (χ2v) is 10.1. The third-order valence-electron chi connectivity index (χ3n) is 7.93. The number of hydrogen-bond acceptors (Lipinski definition) is 5. The van der Waals surface area contributed by atoms with E-state index in [4.69, 9.17) is 4.74 Å². The molecule has 2 aliphatic rings. The average molecular weight is 513 g/mol. The number of benzene rings is 2. The van der Waals surface area contributed by atoms with Crippen molar-refractivity contribution in [2.75, 3.05) is 13.7 Å². The first-order valence-corrected chi connectivity index (χ1v) is 13.1. The van der Waals surface area contributed by atoms with E-state index in [1.165, 1.54) is 24.3 Å². The summed E-state index contributed by atoms with van der Waals surface area (Å²) in [6.07, 6.45) is 2.11. The second-order valence-electron chi connectivity index (χ2n) is 10.1. The van der Waals surface area contributed by atoms with Crippen LogP contribution in [-0.4, -0.2) is 45.0 Å². The van der Waals surface area contributed by atoms with Crippen LogP contribution in [0.3, 0.4) is 0 Å². The number of methoxy groups -OCH3 is 1. The number of ether oxygens (including phenoxy) is 1. The van der Waals surface area contributed by atoms with Gasteiger partial charge in [-0.3, -0.25) is 9.59 Å². The van der Waals surface area contributed by atoms with Gasteiger partial charge < -0.3 is 9.64 Å². The van der Waals surface area contributed by atoms with Crippen molar-refractivity contribution in [1.82, 2.24) is 19.5 Å². The van der Waals surface area contributed by atoms with Crippen molar-refractivity contribution in [3.63, 3.8) is 0 Å². The van der Waals surface area contributed by atoms with Crippen LogP contribution in [0.15, 0.2) is 54.6 Å². The Labute approximate surface area is 220 Å². The summed E-state index contributed by atoms with van der Waals surface area (Å²) in [5.74, 6) is -1.00. The molecule has 194 valence electrons. The highest BCUT2D eigenvalue weighted by molar-refractivity contribution is 5.93. The average Bonchev–Trinajstić information content (AvgIpc) is 3.63. The van der Waals surface area contributed by atoms with Crippen molar-refractivity contribution >= 4 is 17.5 Å². The number of amides is 1. The van der Waals surface area contributed by atoms with E-state index in [1.807, 2.05) is 36.9 Å². The van der Waals surface area contributed by atoms with Crippen LogP contribution in [0.5, 0.6) is 0 Å². The third kappa shape index (κ3) is 4.04. The van der Waals surface area contributed by atoms with Crippen molar-refractivity contribution < 1.29 is 18.7 Å². The van der Waals surface area contributed by atoms with E-state index in [0.29, 0.717) is 42.0 Å². The van der Waals surface area contributed by atoms with Gasteiger partial charge in [-0.05, 0) is 67.0 Å². The normalized spacial score (nSPS) is 20.3. The molecule has 1 aliphatic heterocycles. The lowest BCUT2D eigenvalue weighted by atomic mass is 9.93. The summed E-state index contributed by atoms with van der Waals surface area (Å²) in [5, 5.41) is 4.63. The summed E-state index contributed by atoms with van der Waals surface area (Å²) >= 11 is 0. The largest absolute Gasteiger partial charge is 0.469 e. The highest BCUT2D eigenvalue weighted by atomic mass is 19.1. The molecule has 0 unspecified atom stereocenters. The monoisotopic (exact) mass is 512 g/mol. The summed E-state index contributed by atoms with van der Waals surface area (Å²) < 4.78 is 21.7. The van der Waals surface area contributed by atoms with E-state index in [9.17, 15) is 9.59 Å². The van der Waals surface area contributed by atoms with Crippen molar-refractivity contribution in [1.29, 1.82) is 0 Å². The molecule has 2 aromatic carbocycles. The smallest absolute Gasteiger partial charge is 0.309 e. The van der Waals surface area contributed by atoms with Crippen LogP contribution in [0, 0.1) is 11.7 Å². The van der Waals surface area contributed by atoms with Crippen LogP contribution in [0.4, 0.5) is 4.39 Å². The van der Waals surface area contributed by atoms with Crippen molar-refractivity contribution in [3.8, 4) is 11.3 Å². The van der Waals surface area contributed by atoms with Gasteiger partial charge in [-0.2, -0.15) is 5.10 Å². The van der Waals surface area contributed by atoms with Gasteiger partial charge in [-0.1, -0.05) is 37.3 Å². The number of carbonyl (C=O) groups excluding carboxylic acids is 2. The fraction of sp³-hybridized carbons (Fsp3) is 0.333. The summed E-state index contributed by atoms with van der Waals surface area (Å²) in [4.78, 5) is 31.9. The standard InChI is InChI=1S/C30H29FN4O3/c1-4-20-14-27(29(36)34-12-11-18-7-5-6-8-21(18)17(34)2)32-28-16-26(33-35(20)28)22-10-9-19(13-25(22)31)23-15-24(23)30(37)38-3/h5-10,13-14,16-17,23-24H,4,11-12,15H2,1-3H3/t17-,23+,24-/m1/s1. The molecule has 0 bridgehead atoms. The SMILES string of the molecule is CCc1cc(C(=O)N2CCc3ccccc3[C@H]2C)nc2cc(-c3ccc([C@@H]4C[C@H]4C(=O)OC)cc3F)nn12. The quantitative estimate of drug-likeness (QED) is 0.347.